The lowest BCUT2D eigenvalue weighted by Crippen LogP contribution is -2.26. The number of fused-ring (bicyclic) bond motifs is 1. The molecule has 0 aliphatic heterocycles. The first-order chi connectivity index (χ1) is 19.7. The summed E-state index contributed by atoms with van der Waals surface area (Å²) in [6.45, 7) is 2.33. The second-order valence-electron chi connectivity index (χ2n) is 10.1. The predicted molar refractivity (Wildman–Crippen MR) is 161 cm³/mol. The lowest BCUT2D eigenvalue weighted by molar-refractivity contribution is 0.381. The van der Waals surface area contributed by atoms with E-state index >= 15 is 4.39 Å². The highest BCUT2D eigenvalue weighted by molar-refractivity contribution is 6.31. The summed E-state index contributed by atoms with van der Waals surface area (Å²) in [5.41, 5.74) is 19.3. The molecule has 218 valence electrons. The summed E-state index contributed by atoms with van der Waals surface area (Å²) >= 11 is 6.21. The van der Waals surface area contributed by atoms with Crippen LogP contribution in [-0.4, -0.2) is 46.3 Å². The van der Waals surface area contributed by atoms with Crippen molar-refractivity contribution in [3.63, 3.8) is 0 Å². The maximum absolute atomic E-state index is 15.0. The zero-order valence-corrected chi connectivity index (χ0v) is 23.6. The van der Waals surface area contributed by atoms with Gasteiger partial charge in [0.15, 0.2) is 11.8 Å². The van der Waals surface area contributed by atoms with Gasteiger partial charge in [-0.1, -0.05) is 23.7 Å². The number of nitrogens with one attached hydrogen (secondary N) is 2. The molecular weight excluding hydrogens is 550 g/mol. The second-order valence-corrected chi connectivity index (χ2v) is 10.5. The number of aliphatic imine (C=N–C) groups is 1. The molecule has 2 aromatic carbocycles. The molecule has 2 heterocycles. The molecule has 0 saturated heterocycles. The van der Waals surface area contributed by atoms with Gasteiger partial charge in [0.05, 0.1) is 22.4 Å². The summed E-state index contributed by atoms with van der Waals surface area (Å²) in [6.07, 6.45) is 4.71. The van der Waals surface area contributed by atoms with Crippen LogP contribution in [0.5, 0.6) is 0 Å². The number of hydrogen-bond donors (Lipinski definition) is 5. The van der Waals surface area contributed by atoms with Crippen molar-refractivity contribution in [2.75, 3.05) is 19.8 Å². The highest BCUT2D eigenvalue weighted by Crippen LogP contribution is 2.31. The van der Waals surface area contributed by atoms with Crippen molar-refractivity contribution < 1.29 is 8.78 Å². The van der Waals surface area contributed by atoms with Crippen LogP contribution in [0.2, 0.25) is 5.02 Å². The number of aryl methyl sites for hydroxylation is 1. The number of alkyl halides is 1. The fraction of sp³-hybridized carbons (Fsp3) is 0.345. The summed E-state index contributed by atoms with van der Waals surface area (Å²) in [5.74, 6) is -0.525. The quantitative estimate of drug-likeness (QED) is 0.0905. The van der Waals surface area contributed by atoms with Gasteiger partial charge in [-0.3, -0.25) is 9.56 Å². The van der Waals surface area contributed by atoms with Crippen LogP contribution < -0.4 is 28.2 Å². The molecule has 0 unspecified atom stereocenters. The molecule has 8 N–H and O–H groups in total. The summed E-state index contributed by atoms with van der Waals surface area (Å²) in [5, 5.41) is 3.79. The molecule has 0 radical (unpaired) electrons. The van der Waals surface area contributed by atoms with Gasteiger partial charge in [-0.05, 0) is 80.6 Å². The van der Waals surface area contributed by atoms with Crippen LogP contribution in [0.15, 0.2) is 58.4 Å². The number of guanidine groups is 1. The number of hydrogen-bond acceptors (Lipinski definition) is 5. The molecule has 2 atom stereocenters. The topological polar surface area (TPSA) is 153 Å². The fourth-order valence-corrected chi connectivity index (χ4v) is 4.87. The summed E-state index contributed by atoms with van der Waals surface area (Å²) < 4.78 is 30.2. The number of aromatic amines is 1. The Bertz CT molecular complexity index is 1560. The number of H-pyrrole nitrogens is 1. The number of halogens is 3. The van der Waals surface area contributed by atoms with Crippen LogP contribution in [0.25, 0.3) is 28.0 Å². The molecule has 4 aromatic rings. The maximum Gasteiger partial charge on any atom is 0.354 e. The van der Waals surface area contributed by atoms with Crippen LogP contribution in [-0.2, 0) is 6.42 Å². The number of rotatable bonds is 13. The first-order valence-corrected chi connectivity index (χ1v) is 13.9. The molecule has 2 aromatic heterocycles. The van der Waals surface area contributed by atoms with Crippen LogP contribution >= 0.6 is 11.6 Å². The smallest absolute Gasteiger partial charge is 0.354 e. The van der Waals surface area contributed by atoms with Gasteiger partial charge in [0.1, 0.15) is 12.3 Å². The van der Waals surface area contributed by atoms with E-state index in [-0.39, 0.29) is 17.0 Å². The monoisotopic (exact) mass is 584 g/mol. The van der Waals surface area contributed by atoms with E-state index in [4.69, 9.17) is 28.8 Å². The normalized spacial score (nSPS) is 12.9. The van der Waals surface area contributed by atoms with E-state index in [0.717, 1.165) is 24.0 Å². The summed E-state index contributed by atoms with van der Waals surface area (Å²) in [4.78, 5) is 24.0. The minimum absolute atomic E-state index is 0.0240. The van der Waals surface area contributed by atoms with Crippen molar-refractivity contribution >= 4 is 28.6 Å². The Morgan fingerprint density at radius 1 is 1.20 bits per heavy atom. The number of aromatic nitrogens is 3. The van der Waals surface area contributed by atoms with Crippen LogP contribution in [0.1, 0.15) is 43.4 Å². The van der Waals surface area contributed by atoms with Gasteiger partial charge in [0.2, 0.25) is 0 Å². The van der Waals surface area contributed by atoms with Gasteiger partial charge in [-0.25, -0.2) is 13.6 Å². The maximum atomic E-state index is 15.0. The molecule has 12 heteroatoms. The van der Waals surface area contributed by atoms with Crippen LogP contribution in [0.4, 0.5) is 8.78 Å². The predicted octanol–water partition coefficient (Wildman–Crippen LogP) is 4.11. The van der Waals surface area contributed by atoms with E-state index in [1.54, 1.807) is 48.7 Å². The Morgan fingerprint density at radius 3 is 2.63 bits per heavy atom. The molecule has 0 aliphatic rings. The first-order valence-electron chi connectivity index (χ1n) is 13.5. The highest BCUT2D eigenvalue weighted by Gasteiger charge is 2.16. The highest BCUT2D eigenvalue weighted by atomic mass is 35.5. The molecule has 0 aliphatic carbocycles. The number of nitrogens with zero attached hydrogens (tertiary/aromatic N) is 3. The van der Waals surface area contributed by atoms with Gasteiger partial charge in [0.25, 0.3) is 0 Å². The van der Waals surface area contributed by atoms with Crippen molar-refractivity contribution in [2.24, 2.45) is 22.2 Å². The zero-order valence-electron chi connectivity index (χ0n) is 22.8. The van der Waals surface area contributed by atoms with Gasteiger partial charge in [-0.2, -0.15) is 4.98 Å². The Balaban J connectivity index is 1.55. The Morgan fingerprint density at radius 2 is 1.95 bits per heavy atom. The molecule has 41 heavy (non-hydrogen) atoms. The Labute approximate surface area is 241 Å². The van der Waals surface area contributed by atoms with Crippen LogP contribution in [0.3, 0.4) is 0 Å². The van der Waals surface area contributed by atoms with Gasteiger partial charge >= 0.3 is 5.69 Å². The fourth-order valence-electron chi connectivity index (χ4n) is 4.63. The van der Waals surface area contributed by atoms with E-state index in [1.807, 2.05) is 6.92 Å². The standard InChI is InChI=1S/C29H35ClF2N8O/c1-17(33)4-2-5-18-12-22(26(32)23(30)13-18)24-14-20-16-40(29(41)39-27(20)38-24)21-8-6-19(7-9-21)25(15-31)36-10-3-11-37-28(34)35/h6-9,12-14,16-17,25,36H,2-5,10-11,15,33H2,1H3,(H4,34,35,37)(H,38,39,41)/t17-,25-/m0/s1. The molecule has 0 fully saturated rings. The largest absolute Gasteiger partial charge is 0.370 e. The van der Waals surface area contributed by atoms with Gasteiger partial charge in [-0.15, -0.1) is 0 Å². The molecule has 9 nitrogen and oxygen atoms in total. The van der Waals surface area contributed by atoms with Crippen LogP contribution in [0, 0.1) is 5.82 Å². The first kappa shape index (κ1) is 30.2. The molecule has 0 saturated carbocycles. The summed E-state index contributed by atoms with van der Waals surface area (Å²) in [7, 11) is 0. The zero-order chi connectivity index (χ0) is 29.5. The Hall–Kier alpha value is -3.80. The minimum Gasteiger partial charge on any atom is -0.370 e. The van der Waals surface area contributed by atoms with Crippen molar-refractivity contribution in [1.29, 1.82) is 0 Å². The third-order valence-corrected chi connectivity index (χ3v) is 7.03. The third kappa shape index (κ3) is 7.69. The SMILES string of the molecule is C[C@H](N)CCCc1cc(Cl)c(F)c(-c2cc3cn(-c4ccc([C@H](CF)NCCCN=C(N)N)cc4)c(=O)nc3[nH]2)c1. The van der Waals surface area contributed by atoms with E-state index < -0.39 is 24.2 Å². The molecular formula is C29H35ClF2N8O. The van der Waals surface area contributed by atoms with Gasteiger partial charge in [0, 0.05) is 29.7 Å². The third-order valence-electron chi connectivity index (χ3n) is 6.76. The van der Waals surface area contributed by atoms with E-state index in [1.165, 1.54) is 4.57 Å². The molecule has 0 amide bonds. The lowest BCUT2D eigenvalue weighted by Gasteiger charge is -2.16. The molecule has 0 spiro atoms. The number of benzene rings is 2. The second kappa shape index (κ2) is 13.7. The van der Waals surface area contributed by atoms with Crippen molar-refractivity contribution in [3.8, 4) is 16.9 Å². The summed E-state index contributed by atoms with van der Waals surface area (Å²) in [6, 6.07) is 11.7. The minimum atomic E-state index is -0.602. The lowest BCUT2D eigenvalue weighted by atomic mass is 10.0. The van der Waals surface area contributed by atoms with Crippen molar-refractivity contribution in [1.82, 2.24) is 19.9 Å². The number of nitrogens with two attached hydrogens (primary N) is 3. The van der Waals surface area contributed by atoms with E-state index in [2.05, 4.69) is 20.3 Å². The average Bonchev–Trinajstić information content (AvgIpc) is 3.34. The van der Waals surface area contributed by atoms with E-state index in [9.17, 15) is 9.18 Å². The average molecular weight is 585 g/mol. The van der Waals surface area contributed by atoms with Crippen molar-refractivity contribution in [2.45, 2.75) is 44.7 Å². The van der Waals surface area contributed by atoms with Crippen molar-refractivity contribution in [3.05, 3.63) is 81.1 Å². The Kier molecular flexibility index (Phi) is 10.1. The molecule has 0 bridgehead atoms. The molecule has 4 rings (SSSR count). The van der Waals surface area contributed by atoms with E-state index in [0.29, 0.717) is 53.9 Å². The van der Waals surface area contributed by atoms with Gasteiger partial charge < -0.3 is 27.5 Å².